The Balaban J connectivity index is 0.000000355. The summed E-state index contributed by atoms with van der Waals surface area (Å²) in [6.07, 6.45) is 9.93. The van der Waals surface area contributed by atoms with Crippen LogP contribution in [0.5, 0.6) is 0 Å². The van der Waals surface area contributed by atoms with Crippen molar-refractivity contribution in [2.75, 3.05) is 0 Å². The molecule has 19 heteroatoms. The first-order valence-electron chi connectivity index (χ1n) is 39.3. The molecule has 2 saturated carbocycles. The average molecular weight is 1640 g/mol. The number of carbonyl (C=O) groups is 8. The molecule has 0 spiro atoms. The van der Waals surface area contributed by atoms with Crippen LogP contribution in [0.1, 0.15) is 189 Å². The highest BCUT2D eigenvalue weighted by molar-refractivity contribution is 5.84. The van der Waals surface area contributed by atoms with Gasteiger partial charge in [0.25, 0.3) is 0 Å². The minimum Gasteiger partial charge on any atom is -0.455 e. The lowest BCUT2D eigenvalue weighted by Gasteiger charge is -2.33. The summed E-state index contributed by atoms with van der Waals surface area (Å²) in [5.74, 6) is -2.50. The first-order valence-corrected chi connectivity index (χ1v) is 39.3. The van der Waals surface area contributed by atoms with Gasteiger partial charge in [-0.05, 0) is 105 Å². The van der Waals surface area contributed by atoms with E-state index in [1.807, 2.05) is 275 Å². The second kappa shape index (κ2) is 53.5. The van der Waals surface area contributed by atoms with E-state index in [2.05, 4.69) is 57.4 Å². The maximum Gasteiger partial charge on any atom is 0.432 e. The molecule has 8 aromatic carbocycles. The van der Waals surface area contributed by atoms with Crippen LogP contribution >= 0.6 is 0 Å². The Morgan fingerprint density at radius 2 is 0.650 bits per heavy atom. The van der Waals surface area contributed by atoms with Crippen LogP contribution in [0.15, 0.2) is 344 Å². The van der Waals surface area contributed by atoms with Crippen molar-refractivity contribution in [1.29, 1.82) is 0 Å². The molecule has 636 valence electrons. The number of hydrogen-bond acceptors (Lipinski definition) is 16. The summed E-state index contributed by atoms with van der Waals surface area (Å²) in [4.78, 5) is 88.9. The molecule has 0 aromatic heterocycles. The Bertz CT molecular complexity index is 4400. The lowest BCUT2D eigenvalue weighted by atomic mass is 9.78. The molecule has 16 nitrogen and oxygen atoms in total. The van der Waals surface area contributed by atoms with Gasteiger partial charge in [-0.15, -0.1) is 0 Å². The molecular formula is C101H115F3O16. The minimum absolute atomic E-state index is 0.0864. The van der Waals surface area contributed by atoms with E-state index in [1.165, 1.54) is 73.2 Å². The Morgan fingerprint density at radius 3 is 0.983 bits per heavy atom. The monoisotopic (exact) mass is 1640 g/mol. The van der Waals surface area contributed by atoms with E-state index < -0.39 is 35.3 Å². The van der Waals surface area contributed by atoms with Gasteiger partial charge in [0, 0.05) is 71.4 Å². The maximum atomic E-state index is 13.0. The summed E-state index contributed by atoms with van der Waals surface area (Å²) in [5, 5.41) is 0. The molecule has 8 aromatic rings. The van der Waals surface area contributed by atoms with Crippen molar-refractivity contribution in [2.45, 2.75) is 162 Å². The highest BCUT2D eigenvalue weighted by atomic mass is 19.4. The van der Waals surface area contributed by atoms with Crippen molar-refractivity contribution in [3.8, 4) is 0 Å². The van der Waals surface area contributed by atoms with Gasteiger partial charge < -0.3 is 37.9 Å². The highest BCUT2D eigenvalue weighted by Gasteiger charge is 2.55. The number of rotatable bonds is 28. The van der Waals surface area contributed by atoms with Crippen LogP contribution in [0.3, 0.4) is 0 Å². The first kappa shape index (κ1) is 101. The molecule has 7 atom stereocenters. The van der Waals surface area contributed by atoms with E-state index in [0.29, 0.717) is 17.9 Å². The van der Waals surface area contributed by atoms with Crippen molar-refractivity contribution >= 4 is 47.8 Å². The van der Waals surface area contributed by atoms with E-state index >= 15 is 0 Å². The third kappa shape index (κ3) is 37.2. The van der Waals surface area contributed by atoms with Gasteiger partial charge in [-0.3, -0.25) is 0 Å². The number of esters is 8. The molecule has 0 heterocycles. The fourth-order valence-electron chi connectivity index (χ4n) is 11.3. The zero-order valence-corrected chi connectivity index (χ0v) is 70.5. The zero-order chi connectivity index (χ0) is 89.3. The second-order valence-corrected chi connectivity index (χ2v) is 29.2. The standard InChI is InChI=1S/C14H16O2.C14H18O2.C13H14O2.C13H16O2.C12H11F3O2.2C12H14O2.C11H12O2/c1-2-13(15)16-14(12-9-6-10-12)11-7-4-3-5-8-11;1-5-12(15)16-13(14(2,3)4)11-9-7-6-8-10-11;1-2-12(14)15-13(11-8-9-11)10-6-4-3-5-7-10;1-4-12(14)15-13(10(2)3)11-8-6-5-7-9-11;1-3-10(16)17-11(2,12(13,14)15)9-7-5-4-6-8-9;1-4-11(13)14-12(2,3)10-8-6-5-7-9-10;1-3-11(14-12(13)4-2)10-8-6-5-7-9-10;1-3-11(12)13-9(2)10-7-5-4-6-8-10/h2-5,7-8,12,14H,1,6,9-10H2;5-10,13H,1H2,2-4H3;2-7,11,13H,1,8-9H2;4-10,13H,1H2,2-3H3;3-8H,1H2,2H3;4-9H,1H2,2-3H3;4-9,11H,2-3H2,1H3;3-9H,1H2,2H3. The van der Waals surface area contributed by atoms with Gasteiger partial charge in [0.1, 0.15) is 42.2 Å². The zero-order valence-electron chi connectivity index (χ0n) is 70.5. The molecule has 7 unspecified atom stereocenters. The van der Waals surface area contributed by atoms with Gasteiger partial charge in [-0.25, -0.2) is 38.4 Å². The van der Waals surface area contributed by atoms with Crippen LogP contribution in [0.4, 0.5) is 13.2 Å². The third-order valence-electron chi connectivity index (χ3n) is 18.2. The van der Waals surface area contributed by atoms with Crippen molar-refractivity contribution in [3.05, 3.63) is 388 Å². The Kier molecular flexibility index (Phi) is 45.2. The molecule has 0 radical (unpaired) electrons. The van der Waals surface area contributed by atoms with Gasteiger partial charge in [0.2, 0.25) is 5.60 Å². The summed E-state index contributed by atoms with van der Waals surface area (Å²) < 4.78 is 80.3. The Morgan fingerprint density at radius 1 is 0.350 bits per heavy atom. The SMILES string of the molecule is C=CC(=O)OC(C)(C)c1ccccc1.C=CC(=O)OC(C)(c1ccccc1)C(F)(F)F.C=CC(=O)OC(C)c1ccccc1.C=CC(=O)OC(CC)c1ccccc1.C=CC(=O)OC(c1ccccc1)C(C)(C)C.C=CC(=O)OC(c1ccccc1)C(C)C.C=CC(=O)OC(c1ccccc1)C1CC1.C=CC(=O)OC(c1ccccc1)C1CCC1. The second-order valence-electron chi connectivity index (χ2n) is 29.2. The summed E-state index contributed by atoms with van der Waals surface area (Å²) in [6.45, 7) is 45.3. The molecule has 0 N–H and O–H groups in total. The van der Waals surface area contributed by atoms with Gasteiger partial charge in [-0.2, -0.15) is 13.2 Å². The summed E-state index contributed by atoms with van der Waals surface area (Å²) in [6, 6.07) is 75.2. The van der Waals surface area contributed by atoms with Crippen LogP contribution in [-0.4, -0.2) is 53.9 Å². The average Bonchev–Trinajstić information content (AvgIpc) is 0.835. The normalized spacial score (nSPS) is 13.7. The number of alkyl halides is 3. The Hall–Kier alpha value is -12.8. The molecule has 2 aliphatic rings. The fraction of sp³-hybridized carbons (Fsp3) is 0.287. The van der Waals surface area contributed by atoms with E-state index in [-0.39, 0.29) is 83.4 Å². The smallest absolute Gasteiger partial charge is 0.432 e. The van der Waals surface area contributed by atoms with Crippen molar-refractivity contribution in [2.24, 2.45) is 23.2 Å². The number of hydrogen-bond donors (Lipinski definition) is 0. The molecule has 0 aliphatic heterocycles. The van der Waals surface area contributed by atoms with E-state index in [1.54, 1.807) is 6.07 Å². The molecule has 0 bridgehead atoms. The van der Waals surface area contributed by atoms with E-state index in [0.717, 1.165) is 78.0 Å². The number of halogens is 3. The lowest BCUT2D eigenvalue weighted by molar-refractivity contribution is -0.267. The lowest BCUT2D eigenvalue weighted by Crippen LogP contribution is -2.43. The van der Waals surface area contributed by atoms with Crippen molar-refractivity contribution in [1.82, 2.24) is 0 Å². The Labute approximate surface area is 706 Å². The largest absolute Gasteiger partial charge is 0.455 e. The molecule has 2 fully saturated rings. The van der Waals surface area contributed by atoms with Gasteiger partial charge >= 0.3 is 53.9 Å². The van der Waals surface area contributed by atoms with Gasteiger partial charge in [-0.1, -0.05) is 343 Å². The molecule has 0 saturated heterocycles. The van der Waals surface area contributed by atoms with Gasteiger partial charge in [0.05, 0.1) is 0 Å². The van der Waals surface area contributed by atoms with E-state index in [9.17, 15) is 51.5 Å². The third-order valence-corrected chi connectivity index (χ3v) is 18.2. The van der Waals surface area contributed by atoms with Gasteiger partial charge in [0.15, 0.2) is 0 Å². The number of carbonyl (C=O) groups excluding carboxylic acids is 8. The highest BCUT2D eigenvalue weighted by Crippen LogP contribution is 2.45. The summed E-state index contributed by atoms with van der Waals surface area (Å²) in [5.41, 5.74) is 3.61. The van der Waals surface area contributed by atoms with Crippen LogP contribution in [0.2, 0.25) is 0 Å². The fourth-order valence-corrected chi connectivity index (χ4v) is 11.3. The molecule has 2 aliphatic carbocycles. The predicted octanol–water partition coefficient (Wildman–Crippen LogP) is 23.9. The minimum atomic E-state index is -4.70. The first-order chi connectivity index (χ1) is 57.1. The maximum absolute atomic E-state index is 13.0. The molecule has 10 rings (SSSR count). The molecule has 120 heavy (non-hydrogen) atoms. The quantitative estimate of drug-likeness (QED) is 0.0253. The number of benzene rings is 8. The van der Waals surface area contributed by atoms with Crippen LogP contribution < -0.4 is 0 Å². The van der Waals surface area contributed by atoms with Crippen molar-refractivity contribution in [3.63, 3.8) is 0 Å². The topological polar surface area (TPSA) is 210 Å². The molecule has 0 amide bonds. The summed E-state index contributed by atoms with van der Waals surface area (Å²) >= 11 is 0. The van der Waals surface area contributed by atoms with E-state index in [4.69, 9.17) is 33.2 Å². The predicted molar refractivity (Wildman–Crippen MR) is 465 cm³/mol. The van der Waals surface area contributed by atoms with Crippen molar-refractivity contribution < 1.29 is 89.4 Å². The summed E-state index contributed by atoms with van der Waals surface area (Å²) in [7, 11) is 0. The van der Waals surface area contributed by atoms with Crippen LogP contribution in [0.25, 0.3) is 0 Å². The van der Waals surface area contributed by atoms with Crippen LogP contribution in [0, 0.1) is 23.2 Å². The molecular weight excluding hydrogens is 1530 g/mol. The number of ether oxygens (including phenoxy) is 8. The van der Waals surface area contributed by atoms with Crippen LogP contribution in [-0.2, 0) is 87.5 Å².